The van der Waals surface area contributed by atoms with E-state index in [1.54, 1.807) is 6.07 Å². The number of carbonyl (C=O) groups is 2. The molecule has 1 unspecified atom stereocenters. The lowest BCUT2D eigenvalue weighted by atomic mass is 9.93. The smallest absolute Gasteiger partial charge is 0.287 e. The maximum absolute atomic E-state index is 12.5. The minimum absolute atomic E-state index is 0.0794. The monoisotopic (exact) mass is 381 g/mol. The van der Waals surface area contributed by atoms with Crippen LogP contribution in [0.5, 0.6) is 0 Å². The summed E-state index contributed by atoms with van der Waals surface area (Å²) in [5.74, 6) is 0.648. The molecule has 1 aromatic heterocycles. The minimum Gasteiger partial charge on any atom is -0.455 e. The van der Waals surface area contributed by atoms with Gasteiger partial charge < -0.3 is 9.73 Å². The predicted octanol–water partition coefficient (Wildman–Crippen LogP) is 3.90. The molecule has 148 valence electrons. The third-order valence-electron chi connectivity index (χ3n) is 5.09. The quantitative estimate of drug-likeness (QED) is 0.771. The van der Waals surface area contributed by atoms with Crippen LogP contribution in [0.15, 0.2) is 33.8 Å². The highest BCUT2D eigenvalue weighted by atomic mass is 16.4. The molecule has 2 N–H and O–H groups in total. The number of hydrogen-bond donors (Lipinski definition) is 2. The van der Waals surface area contributed by atoms with Crippen molar-refractivity contribution in [2.24, 2.45) is 5.10 Å². The van der Waals surface area contributed by atoms with E-state index < -0.39 is 0 Å². The van der Waals surface area contributed by atoms with E-state index in [2.05, 4.69) is 15.8 Å². The van der Waals surface area contributed by atoms with Crippen molar-refractivity contribution in [3.63, 3.8) is 0 Å². The van der Waals surface area contributed by atoms with E-state index in [9.17, 15) is 9.59 Å². The van der Waals surface area contributed by atoms with Gasteiger partial charge in [0.1, 0.15) is 5.76 Å². The zero-order valence-corrected chi connectivity index (χ0v) is 16.9. The van der Waals surface area contributed by atoms with Gasteiger partial charge in [-0.1, -0.05) is 24.6 Å². The lowest BCUT2D eigenvalue weighted by molar-refractivity contribution is 0.0907. The van der Waals surface area contributed by atoms with Gasteiger partial charge in [0.15, 0.2) is 5.76 Å². The zero-order chi connectivity index (χ0) is 20.3. The van der Waals surface area contributed by atoms with E-state index >= 15 is 0 Å². The second-order valence-corrected chi connectivity index (χ2v) is 7.36. The molecule has 1 atom stereocenters. The molecule has 3 rings (SSSR count). The van der Waals surface area contributed by atoms with Gasteiger partial charge in [-0.3, -0.25) is 9.59 Å². The van der Waals surface area contributed by atoms with Crippen molar-refractivity contribution < 1.29 is 14.0 Å². The van der Waals surface area contributed by atoms with E-state index in [-0.39, 0.29) is 17.9 Å². The number of furan rings is 1. The Morgan fingerprint density at radius 2 is 2.00 bits per heavy atom. The number of nitrogens with one attached hydrogen (secondary N) is 2. The van der Waals surface area contributed by atoms with Gasteiger partial charge in [0.05, 0.1) is 5.71 Å². The summed E-state index contributed by atoms with van der Waals surface area (Å²) in [5.41, 5.74) is 6.62. The number of carbonyl (C=O) groups excluding carboxylic acids is 2. The standard InChI is InChI=1S/C22H27N3O3/c1-5-14(3)23-22(27)20-15(4)19-17(10-7-11-18(19)28-20)24-25-21(26)16-9-6-8-13(2)12-16/h6,8-9,12,14H,5,7,10-11H2,1-4H3,(H,23,27)(H,25,26)/b24-17+. The van der Waals surface area contributed by atoms with Gasteiger partial charge in [0.25, 0.3) is 11.8 Å². The van der Waals surface area contributed by atoms with Crippen LogP contribution >= 0.6 is 0 Å². The second kappa shape index (κ2) is 8.42. The Balaban J connectivity index is 1.83. The van der Waals surface area contributed by atoms with Crippen molar-refractivity contribution in [1.29, 1.82) is 0 Å². The number of hydrogen-bond acceptors (Lipinski definition) is 4. The Morgan fingerprint density at radius 1 is 1.21 bits per heavy atom. The van der Waals surface area contributed by atoms with Crippen LogP contribution in [0.3, 0.4) is 0 Å². The number of hydrazone groups is 1. The summed E-state index contributed by atoms with van der Waals surface area (Å²) in [6.07, 6.45) is 3.21. The van der Waals surface area contributed by atoms with Crippen LogP contribution in [0.2, 0.25) is 0 Å². The third-order valence-corrected chi connectivity index (χ3v) is 5.09. The summed E-state index contributed by atoms with van der Waals surface area (Å²) in [6.45, 7) is 7.80. The minimum atomic E-state index is -0.251. The number of amides is 2. The highest BCUT2D eigenvalue weighted by molar-refractivity contribution is 6.07. The summed E-state index contributed by atoms with van der Waals surface area (Å²) >= 11 is 0. The highest BCUT2D eigenvalue weighted by Crippen LogP contribution is 2.30. The molecule has 0 saturated carbocycles. The summed E-state index contributed by atoms with van der Waals surface area (Å²) in [4.78, 5) is 24.9. The van der Waals surface area contributed by atoms with Gasteiger partial charge in [0, 0.05) is 29.2 Å². The van der Waals surface area contributed by atoms with Crippen molar-refractivity contribution >= 4 is 17.5 Å². The van der Waals surface area contributed by atoms with Gasteiger partial charge in [-0.25, -0.2) is 5.43 Å². The molecule has 1 heterocycles. The lowest BCUT2D eigenvalue weighted by Crippen LogP contribution is -2.32. The average molecular weight is 381 g/mol. The molecule has 2 aromatic rings. The fourth-order valence-electron chi connectivity index (χ4n) is 3.36. The SMILES string of the molecule is CCC(C)NC(=O)c1oc2c(c1C)/C(=N/NC(=O)c1cccc(C)c1)CCC2. The van der Waals surface area contributed by atoms with Crippen LogP contribution in [0.4, 0.5) is 0 Å². The molecule has 0 radical (unpaired) electrons. The molecule has 0 aliphatic heterocycles. The first-order chi connectivity index (χ1) is 13.4. The fraction of sp³-hybridized carbons (Fsp3) is 0.409. The van der Waals surface area contributed by atoms with Crippen LogP contribution in [0, 0.1) is 13.8 Å². The Bertz CT molecular complexity index is 927. The van der Waals surface area contributed by atoms with Crippen LogP contribution in [0.1, 0.15) is 76.5 Å². The number of aryl methyl sites for hydroxylation is 2. The first-order valence-electron chi connectivity index (χ1n) is 9.77. The van der Waals surface area contributed by atoms with Gasteiger partial charge in [-0.15, -0.1) is 0 Å². The van der Waals surface area contributed by atoms with Crippen LogP contribution in [-0.2, 0) is 6.42 Å². The first kappa shape index (κ1) is 19.9. The Hall–Kier alpha value is -2.89. The van der Waals surface area contributed by atoms with Crippen LogP contribution < -0.4 is 10.7 Å². The van der Waals surface area contributed by atoms with Crippen molar-refractivity contribution in [3.05, 3.63) is 58.0 Å². The summed E-state index contributed by atoms with van der Waals surface area (Å²) in [5, 5.41) is 7.31. The van der Waals surface area contributed by atoms with Gasteiger partial charge in [-0.2, -0.15) is 5.10 Å². The van der Waals surface area contributed by atoms with E-state index in [4.69, 9.17) is 4.42 Å². The molecule has 0 bridgehead atoms. The summed E-state index contributed by atoms with van der Waals surface area (Å²) < 4.78 is 5.88. The van der Waals surface area contributed by atoms with Crippen molar-refractivity contribution in [1.82, 2.24) is 10.7 Å². The molecule has 0 saturated heterocycles. The molecule has 0 fully saturated rings. The number of rotatable bonds is 5. The number of benzene rings is 1. The molecule has 6 nitrogen and oxygen atoms in total. The van der Waals surface area contributed by atoms with Gasteiger partial charge >= 0.3 is 0 Å². The van der Waals surface area contributed by atoms with Crippen molar-refractivity contribution in [2.75, 3.05) is 0 Å². The highest BCUT2D eigenvalue weighted by Gasteiger charge is 2.28. The Kier molecular flexibility index (Phi) is 5.97. The third kappa shape index (κ3) is 4.16. The molecule has 28 heavy (non-hydrogen) atoms. The van der Waals surface area contributed by atoms with Gasteiger partial charge in [0.2, 0.25) is 0 Å². The van der Waals surface area contributed by atoms with Crippen LogP contribution in [-0.4, -0.2) is 23.6 Å². The molecule has 1 aliphatic rings. The normalized spacial score (nSPS) is 15.8. The largest absolute Gasteiger partial charge is 0.455 e. The average Bonchev–Trinajstić information content (AvgIpc) is 3.03. The zero-order valence-electron chi connectivity index (χ0n) is 16.9. The topological polar surface area (TPSA) is 83.7 Å². The lowest BCUT2D eigenvalue weighted by Gasteiger charge is -2.13. The Labute approximate surface area is 165 Å². The molecule has 6 heteroatoms. The molecule has 1 aromatic carbocycles. The van der Waals surface area contributed by atoms with E-state index in [1.165, 1.54) is 0 Å². The number of nitrogens with zero attached hydrogens (tertiary/aromatic N) is 1. The fourth-order valence-corrected chi connectivity index (χ4v) is 3.36. The van der Waals surface area contributed by atoms with Crippen molar-refractivity contribution in [2.45, 2.75) is 59.4 Å². The molecule has 0 spiro atoms. The molecule has 2 amide bonds. The van der Waals surface area contributed by atoms with Crippen molar-refractivity contribution in [3.8, 4) is 0 Å². The maximum Gasteiger partial charge on any atom is 0.287 e. The Morgan fingerprint density at radius 3 is 2.71 bits per heavy atom. The summed E-state index contributed by atoms with van der Waals surface area (Å²) in [6, 6.07) is 7.45. The van der Waals surface area contributed by atoms with E-state index in [0.29, 0.717) is 11.3 Å². The summed E-state index contributed by atoms with van der Waals surface area (Å²) in [7, 11) is 0. The van der Waals surface area contributed by atoms with Crippen LogP contribution in [0.25, 0.3) is 0 Å². The first-order valence-corrected chi connectivity index (χ1v) is 9.77. The van der Waals surface area contributed by atoms with E-state index in [1.807, 2.05) is 45.9 Å². The molecular weight excluding hydrogens is 354 g/mol. The molecular formula is C22H27N3O3. The second-order valence-electron chi connectivity index (χ2n) is 7.36. The van der Waals surface area contributed by atoms with E-state index in [0.717, 1.165) is 53.8 Å². The maximum atomic E-state index is 12.5. The van der Waals surface area contributed by atoms with Gasteiger partial charge in [-0.05, 0) is 52.2 Å². The number of fused-ring (bicyclic) bond motifs is 1. The predicted molar refractivity (Wildman–Crippen MR) is 109 cm³/mol. The molecule has 1 aliphatic carbocycles.